The highest BCUT2D eigenvalue weighted by molar-refractivity contribution is 5.68. The van der Waals surface area contributed by atoms with Crippen LogP contribution in [-0.2, 0) is 11.2 Å². The van der Waals surface area contributed by atoms with Crippen molar-refractivity contribution in [2.75, 3.05) is 4.90 Å². The van der Waals surface area contributed by atoms with Gasteiger partial charge in [0, 0.05) is 17.3 Å². The zero-order valence-corrected chi connectivity index (χ0v) is 15.2. The number of hydrogen-bond acceptors (Lipinski definition) is 5. The highest BCUT2D eigenvalue weighted by Crippen LogP contribution is 2.37. The van der Waals surface area contributed by atoms with Gasteiger partial charge in [-0.1, -0.05) is 47.6 Å². The highest BCUT2D eigenvalue weighted by Gasteiger charge is 2.29. The molecule has 0 aliphatic carbocycles. The SMILES string of the molecule is Cc1noc(N2C=COC2c2ccc(-c3ccccc3)c(CC#N)c2)c1C. The zero-order chi connectivity index (χ0) is 18.8. The van der Waals surface area contributed by atoms with Crippen molar-refractivity contribution in [1.29, 1.82) is 5.26 Å². The molecule has 0 bridgehead atoms. The number of ether oxygens (including phenoxy) is 1. The third kappa shape index (κ3) is 3.06. The summed E-state index contributed by atoms with van der Waals surface area (Å²) < 4.78 is 11.3. The Hall–Kier alpha value is -3.52. The number of anilines is 1. The maximum absolute atomic E-state index is 9.29. The molecule has 134 valence electrons. The van der Waals surface area contributed by atoms with Gasteiger partial charge in [-0.3, -0.25) is 4.90 Å². The molecule has 1 atom stereocenters. The molecule has 0 spiro atoms. The lowest BCUT2D eigenvalue weighted by Gasteiger charge is -2.23. The van der Waals surface area contributed by atoms with Gasteiger partial charge in [-0.15, -0.1) is 0 Å². The fraction of sp³-hybridized carbons (Fsp3) is 0.182. The summed E-state index contributed by atoms with van der Waals surface area (Å²) in [4.78, 5) is 1.92. The van der Waals surface area contributed by atoms with E-state index in [9.17, 15) is 5.26 Å². The third-order valence-electron chi connectivity index (χ3n) is 4.82. The van der Waals surface area contributed by atoms with Crippen LogP contribution in [0.4, 0.5) is 5.88 Å². The van der Waals surface area contributed by atoms with Crippen LogP contribution in [0.1, 0.15) is 28.6 Å². The van der Waals surface area contributed by atoms with Gasteiger partial charge in [-0.25, -0.2) is 0 Å². The Morgan fingerprint density at radius 3 is 2.67 bits per heavy atom. The van der Waals surface area contributed by atoms with Crippen LogP contribution in [0.2, 0.25) is 0 Å². The Morgan fingerprint density at radius 1 is 1.15 bits per heavy atom. The van der Waals surface area contributed by atoms with Crippen molar-refractivity contribution in [2.45, 2.75) is 26.5 Å². The molecular formula is C22H19N3O2. The molecule has 2 heterocycles. The van der Waals surface area contributed by atoms with Gasteiger partial charge in [-0.05, 0) is 36.6 Å². The van der Waals surface area contributed by atoms with Gasteiger partial charge in [0.1, 0.15) is 6.26 Å². The molecule has 0 saturated carbocycles. The van der Waals surface area contributed by atoms with Crippen LogP contribution in [0.25, 0.3) is 11.1 Å². The van der Waals surface area contributed by atoms with E-state index < -0.39 is 0 Å². The molecule has 0 radical (unpaired) electrons. The Morgan fingerprint density at radius 2 is 1.96 bits per heavy atom. The van der Waals surface area contributed by atoms with Gasteiger partial charge < -0.3 is 9.26 Å². The van der Waals surface area contributed by atoms with E-state index in [4.69, 9.17) is 9.26 Å². The highest BCUT2D eigenvalue weighted by atomic mass is 16.5. The minimum atomic E-state index is -0.349. The van der Waals surface area contributed by atoms with Crippen LogP contribution in [0, 0.1) is 25.2 Å². The van der Waals surface area contributed by atoms with Gasteiger partial charge >= 0.3 is 0 Å². The Labute approximate surface area is 158 Å². The van der Waals surface area contributed by atoms with Gasteiger partial charge in [0.05, 0.1) is 18.2 Å². The largest absolute Gasteiger partial charge is 0.472 e. The van der Waals surface area contributed by atoms with Crippen molar-refractivity contribution < 1.29 is 9.26 Å². The van der Waals surface area contributed by atoms with Crippen LogP contribution < -0.4 is 4.90 Å². The number of aryl methyl sites for hydroxylation is 1. The standard InChI is InChI=1S/C22H19N3O2/c1-15-16(2)24-27-21(15)25-12-13-26-22(25)19-8-9-20(18(14-19)10-11-23)17-6-4-3-5-7-17/h3-9,12-14,22H,10H2,1-2H3. The first kappa shape index (κ1) is 16.9. The molecule has 1 aromatic heterocycles. The number of hydrogen-bond donors (Lipinski definition) is 0. The topological polar surface area (TPSA) is 62.3 Å². The molecule has 0 amide bonds. The van der Waals surface area contributed by atoms with Crippen molar-refractivity contribution in [1.82, 2.24) is 5.16 Å². The molecular weight excluding hydrogens is 338 g/mol. The molecule has 2 aromatic carbocycles. The average Bonchev–Trinajstić information content (AvgIpc) is 3.30. The first-order chi connectivity index (χ1) is 13.2. The normalized spacial score (nSPS) is 15.6. The van der Waals surface area contributed by atoms with E-state index >= 15 is 0 Å². The van der Waals surface area contributed by atoms with Crippen molar-refractivity contribution in [3.05, 3.63) is 83.4 Å². The van der Waals surface area contributed by atoms with E-state index in [1.165, 1.54) is 0 Å². The van der Waals surface area contributed by atoms with E-state index in [1.807, 2.05) is 55.3 Å². The number of benzene rings is 2. The summed E-state index contributed by atoms with van der Waals surface area (Å²) in [6.07, 6.45) is 3.47. The van der Waals surface area contributed by atoms with Gasteiger partial charge in [0.15, 0.2) is 0 Å². The smallest absolute Gasteiger partial charge is 0.237 e. The summed E-state index contributed by atoms with van der Waals surface area (Å²) in [5.41, 5.74) is 5.92. The molecule has 1 aliphatic rings. The Bertz CT molecular complexity index is 1030. The maximum atomic E-state index is 9.29. The number of rotatable bonds is 4. The van der Waals surface area contributed by atoms with Crippen molar-refractivity contribution >= 4 is 5.88 Å². The molecule has 1 unspecified atom stereocenters. The van der Waals surface area contributed by atoms with Gasteiger partial charge in [0.2, 0.25) is 12.1 Å². The molecule has 27 heavy (non-hydrogen) atoms. The lowest BCUT2D eigenvalue weighted by Crippen LogP contribution is -2.20. The maximum Gasteiger partial charge on any atom is 0.237 e. The quantitative estimate of drug-likeness (QED) is 0.655. The van der Waals surface area contributed by atoms with E-state index in [2.05, 4.69) is 29.4 Å². The summed E-state index contributed by atoms with van der Waals surface area (Å²) in [6, 6.07) is 18.5. The molecule has 0 N–H and O–H groups in total. The number of aromatic nitrogens is 1. The average molecular weight is 357 g/mol. The van der Waals surface area contributed by atoms with Crippen molar-refractivity contribution in [3.8, 4) is 17.2 Å². The molecule has 4 rings (SSSR count). The van der Waals surface area contributed by atoms with Crippen LogP contribution >= 0.6 is 0 Å². The van der Waals surface area contributed by atoms with Crippen LogP contribution in [0.15, 0.2) is 65.5 Å². The first-order valence-corrected chi connectivity index (χ1v) is 8.77. The van der Waals surface area contributed by atoms with E-state index in [0.717, 1.165) is 33.5 Å². The number of nitriles is 1. The first-order valence-electron chi connectivity index (χ1n) is 8.77. The lowest BCUT2D eigenvalue weighted by atomic mass is 9.95. The van der Waals surface area contributed by atoms with E-state index in [0.29, 0.717) is 12.3 Å². The molecule has 0 saturated heterocycles. The Kier molecular flexibility index (Phi) is 4.39. The molecule has 1 aliphatic heterocycles. The van der Waals surface area contributed by atoms with E-state index in [-0.39, 0.29) is 6.23 Å². The molecule has 5 nitrogen and oxygen atoms in total. The molecule has 3 aromatic rings. The number of nitrogens with zero attached hydrogens (tertiary/aromatic N) is 3. The predicted molar refractivity (Wildman–Crippen MR) is 103 cm³/mol. The van der Waals surface area contributed by atoms with Crippen LogP contribution in [-0.4, -0.2) is 5.16 Å². The van der Waals surface area contributed by atoms with Crippen molar-refractivity contribution in [3.63, 3.8) is 0 Å². The summed E-state index contributed by atoms with van der Waals surface area (Å²) in [5, 5.41) is 13.3. The minimum absolute atomic E-state index is 0.332. The second-order valence-electron chi connectivity index (χ2n) is 6.50. The summed E-state index contributed by atoms with van der Waals surface area (Å²) in [6.45, 7) is 3.89. The fourth-order valence-electron chi connectivity index (χ4n) is 3.27. The summed E-state index contributed by atoms with van der Waals surface area (Å²) in [7, 11) is 0. The zero-order valence-electron chi connectivity index (χ0n) is 15.2. The second kappa shape index (κ2) is 7.00. The van der Waals surface area contributed by atoms with Crippen molar-refractivity contribution in [2.24, 2.45) is 0 Å². The summed E-state index contributed by atoms with van der Waals surface area (Å²) >= 11 is 0. The van der Waals surface area contributed by atoms with E-state index in [1.54, 1.807) is 6.26 Å². The van der Waals surface area contributed by atoms with Gasteiger partial charge in [0.25, 0.3) is 0 Å². The lowest BCUT2D eigenvalue weighted by molar-refractivity contribution is 0.169. The fourth-order valence-corrected chi connectivity index (χ4v) is 3.27. The third-order valence-corrected chi connectivity index (χ3v) is 4.82. The second-order valence-corrected chi connectivity index (χ2v) is 6.50. The molecule has 5 heteroatoms. The molecule has 0 fully saturated rings. The summed E-state index contributed by atoms with van der Waals surface area (Å²) in [5.74, 6) is 0.667. The predicted octanol–water partition coefficient (Wildman–Crippen LogP) is 5.03. The van der Waals surface area contributed by atoms with Crippen LogP contribution in [0.3, 0.4) is 0 Å². The van der Waals surface area contributed by atoms with Gasteiger partial charge in [-0.2, -0.15) is 5.26 Å². The Balaban J connectivity index is 1.73. The van der Waals surface area contributed by atoms with Crippen LogP contribution in [0.5, 0.6) is 0 Å². The minimum Gasteiger partial charge on any atom is -0.472 e. The monoisotopic (exact) mass is 357 g/mol.